The lowest BCUT2D eigenvalue weighted by atomic mass is 10.1. The molecule has 2 aromatic rings. The number of anilines is 2. The molecule has 25 heavy (non-hydrogen) atoms. The number of nitrogens with one attached hydrogen (secondary N) is 2. The molecule has 136 valence electrons. The van der Waals surface area contributed by atoms with Crippen LogP contribution < -0.4 is 14.8 Å². The molecule has 2 rings (SSSR count). The standard InChI is InChI=1S/C18H25N3O3S/c1-12-10-16(13(2)9-15(12)24-6)25(22,23)21-17-8-7-14(11-19-17)20-18(3,4)5/h7-11,20H,1-6H3,(H,19,21). The summed E-state index contributed by atoms with van der Waals surface area (Å²) in [5.74, 6) is 0.930. The fraction of sp³-hybridized carbons (Fsp3) is 0.389. The maximum absolute atomic E-state index is 12.7. The van der Waals surface area contributed by atoms with Crippen molar-refractivity contribution < 1.29 is 13.2 Å². The number of sulfonamides is 1. The highest BCUT2D eigenvalue weighted by molar-refractivity contribution is 7.92. The van der Waals surface area contributed by atoms with E-state index in [2.05, 4.69) is 15.0 Å². The number of methoxy groups -OCH3 is 1. The smallest absolute Gasteiger partial charge is 0.263 e. The van der Waals surface area contributed by atoms with Crippen molar-refractivity contribution in [1.29, 1.82) is 0 Å². The Kier molecular flexibility index (Phi) is 5.27. The molecule has 0 bridgehead atoms. The van der Waals surface area contributed by atoms with Crippen LogP contribution in [0.3, 0.4) is 0 Å². The minimum absolute atomic E-state index is 0.0968. The van der Waals surface area contributed by atoms with E-state index in [1.54, 1.807) is 44.5 Å². The van der Waals surface area contributed by atoms with Crippen LogP contribution in [-0.2, 0) is 10.0 Å². The highest BCUT2D eigenvalue weighted by Gasteiger charge is 2.19. The summed E-state index contributed by atoms with van der Waals surface area (Å²) in [4.78, 5) is 4.39. The van der Waals surface area contributed by atoms with E-state index < -0.39 is 10.0 Å². The molecule has 0 amide bonds. The molecule has 0 aliphatic rings. The molecule has 7 heteroatoms. The molecular formula is C18H25N3O3S. The zero-order valence-corrected chi connectivity index (χ0v) is 16.3. The third kappa shape index (κ3) is 4.85. The van der Waals surface area contributed by atoms with Gasteiger partial charge in [-0.25, -0.2) is 13.4 Å². The fourth-order valence-electron chi connectivity index (χ4n) is 2.43. The van der Waals surface area contributed by atoms with E-state index in [4.69, 9.17) is 4.74 Å². The molecule has 0 fully saturated rings. The Balaban J connectivity index is 2.26. The van der Waals surface area contributed by atoms with Crippen molar-refractivity contribution in [2.45, 2.75) is 45.1 Å². The second-order valence-corrected chi connectivity index (χ2v) is 8.65. The molecule has 0 aliphatic heterocycles. The SMILES string of the molecule is COc1cc(C)c(S(=O)(=O)Nc2ccc(NC(C)(C)C)cn2)cc1C. The lowest BCUT2D eigenvalue weighted by Gasteiger charge is -2.22. The van der Waals surface area contributed by atoms with Gasteiger partial charge in [0.15, 0.2) is 0 Å². The number of nitrogens with zero attached hydrogens (tertiary/aromatic N) is 1. The normalized spacial score (nSPS) is 11.9. The van der Waals surface area contributed by atoms with Gasteiger partial charge in [-0.3, -0.25) is 4.72 Å². The Morgan fingerprint density at radius 1 is 1.08 bits per heavy atom. The lowest BCUT2D eigenvalue weighted by molar-refractivity contribution is 0.411. The van der Waals surface area contributed by atoms with E-state index in [9.17, 15) is 8.42 Å². The van der Waals surface area contributed by atoms with E-state index in [0.29, 0.717) is 11.3 Å². The minimum Gasteiger partial charge on any atom is -0.496 e. The van der Waals surface area contributed by atoms with Gasteiger partial charge in [0.2, 0.25) is 0 Å². The Bertz CT molecular complexity index is 854. The van der Waals surface area contributed by atoms with Gasteiger partial charge in [0.1, 0.15) is 11.6 Å². The van der Waals surface area contributed by atoms with Crippen molar-refractivity contribution in [1.82, 2.24) is 4.98 Å². The van der Waals surface area contributed by atoms with Crippen molar-refractivity contribution in [3.8, 4) is 5.75 Å². The average Bonchev–Trinajstić information content (AvgIpc) is 2.49. The molecule has 2 N–H and O–H groups in total. The number of hydrogen-bond donors (Lipinski definition) is 2. The van der Waals surface area contributed by atoms with Crippen molar-refractivity contribution >= 4 is 21.5 Å². The van der Waals surface area contributed by atoms with Gasteiger partial charge >= 0.3 is 0 Å². The van der Waals surface area contributed by atoms with Crippen molar-refractivity contribution in [2.24, 2.45) is 0 Å². The summed E-state index contributed by atoms with van der Waals surface area (Å²) in [6.45, 7) is 9.66. The molecule has 1 heterocycles. The first-order valence-corrected chi connectivity index (χ1v) is 9.42. The zero-order valence-electron chi connectivity index (χ0n) is 15.5. The van der Waals surface area contributed by atoms with Gasteiger partial charge in [0.25, 0.3) is 10.0 Å². The second-order valence-electron chi connectivity index (χ2n) is 7.00. The van der Waals surface area contributed by atoms with Crippen molar-refractivity contribution in [3.05, 3.63) is 41.6 Å². The summed E-state index contributed by atoms with van der Waals surface area (Å²) < 4.78 is 33.1. The van der Waals surface area contributed by atoms with E-state index in [0.717, 1.165) is 11.3 Å². The van der Waals surface area contributed by atoms with Crippen LogP contribution in [0.1, 0.15) is 31.9 Å². The van der Waals surface area contributed by atoms with E-state index in [1.807, 2.05) is 27.7 Å². The Labute approximate surface area is 149 Å². The van der Waals surface area contributed by atoms with Crippen molar-refractivity contribution in [2.75, 3.05) is 17.1 Å². The molecular weight excluding hydrogens is 338 g/mol. The van der Waals surface area contributed by atoms with Crippen LogP contribution in [0, 0.1) is 13.8 Å². The number of pyridine rings is 1. The molecule has 0 aliphatic carbocycles. The number of ether oxygens (including phenoxy) is 1. The van der Waals surface area contributed by atoms with Gasteiger partial charge in [-0.15, -0.1) is 0 Å². The van der Waals surface area contributed by atoms with Gasteiger partial charge in [-0.1, -0.05) is 0 Å². The molecule has 6 nitrogen and oxygen atoms in total. The third-order valence-electron chi connectivity index (χ3n) is 3.50. The molecule has 1 aromatic heterocycles. The first-order valence-electron chi connectivity index (χ1n) is 7.94. The minimum atomic E-state index is -3.73. The highest BCUT2D eigenvalue weighted by Crippen LogP contribution is 2.27. The molecule has 0 unspecified atom stereocenters. The topological polar surface area (TPSA) is 80.3 Å². The number of aryl methyl sites for hydroxylation is 2. The predicted octanol–water partition coefficient (Wildman–Crippen LogP) is 3.72. The van der Waals surface area contributed by atoms with Gasteiger partial charge in [0, 0.05) is 5.54 Å². The Hall–Kier alpha value is -2.28. The third-order valence-corrected chi connectivity index (χ3v) is 5.00. The summed E-state index contributed by atoms with van der Waals surface area (Å²) in [5, 5.41) is 3.28. The van der Waals surface area contributed by atoms with E-state index >= 15 is 0 Å². The Morgan fingerprint density at radius 3 is 2.28 bits per heavy atom. The van der Waals surface area contributed by atoms with Crippen LogP contribution >= 0.6 is 0 Å². The van der Waals surface area contributed by atoms with Crippen LogP contribution in [0.5, 0.6) is 5.75 Å². The van der Waals surface area contributed by atoms with Gasteiger partial charge in [0.05, 0.1) is 23.9 Å². The summed E-state index contributed by atoms with van der Waals surface area (Å²) in [6, 6.07) is 6.75. The van der Waals surface area contributed by atoms with E-state index in [-0.39, 0.29) is 16.3 Å². The maximum Gasteiger partial charge on any atom is 0.263 e. The zero-order chi connectivity index (χ0) is 18.8. The molecule has 0 saturated carbocycles. The average molecular weight is 363 g/mol. The highest BCUT2D eigenvalue weighted by atomic mass is 32.2. The van der Waals surface area contributed by atoms with Gasteiger partial charge in [-0.2, -0.15) is 0 Å². The van der Waals surface area contributed by atoms with Gasteiger partial charge < -0.3 is 10.1 Å². The maximum atomic E-state index is 12.7. The van der Waals surface area contributed by atoms with Crippen LogP contribution in [0.25, 0.3) is 0 Å². The molecule has 0 radical (unpaired) electrons. The number of benzene rings is 1. The number of hydrogen-bond acceptors (Lipinski definition) is 5. The largest absolute Gasteiger partial charge is 0.496 e. The molecule has 0 spiro atoms. The molecule has 0 saturated heterocycles. The quantitative estimate of drug-likeness (QED) is 0.846. The summed E-state index contributed by atoms with van der Waals surface area (Å²) >= 11 is 0. The summed E-state index contributed by atoms with van der Waals surface area (Å²) in [6.07, 6.45) is 1.61. The number of aromatic nitrogens is 1. The number of rotatable bonds is 5. The monoisotopic (exact) mass is 363 g/mol. The second kappa shape index (κ2) is 6.92. The van der Waals surface area contributed by atoms with Crippen LogP contribution in [0.15, 0.2) is 35.4 Å². The predicted molar refractivity (Wildman–Crippen MR) is 101 cm³/mol. The lowest BCUT2D eigenvalue weighted by Crippen LogP contribution is -2.26. The van der Waals surface area contributed by atoms with Crippen LogP contribution in [0.2, 0.25) is 0 Å². The first-order chi connectivity index (χ1) is 11.5. The first kappa shape index (κ1) is 19.1. The van der Waals surface area contributed by atoms with Gasteiger partial charge in [-0.05, 0) is 70.0 Å². The van der Waals surface area contributed by atoms with Crippen LogP contribution in [0.4, 0.5) is 11.5 Å². The summed E-state index contributed by atoms with van der Waals surface area (Å²) in [5.41, 5.74) is 2.10. The molecule has 0 atom stereocenters. The fourth-order valence-corrected chi connectivity index (χ4v) is 3.75. The summed E-state index contributed by atoms with van der Waals surface area (Å²) in [7, 11) is -2.17. The van der Waals surface area contributed by atoms with E-state index in [1.165, 1.54) is 0 Å². The Morgan fingerprint density at radius 2 is 1.76 bits per heavy atom. The van der Waals surface area contributed by atoms with Crippen LogP contribution in [-0.4, -0.2) is 26.1 Å². The molecule has 1 aromatic carbocycles. The van der Waals surface area contributed by atoms with Crippen molar-refractivity contribution in [3.63, 3.8) is 0 Å².